The minimum Gasteiger partial charge on any atom is -0.352 e. The lowest BCUT2D eigenvalue weighted by atomic mass is 10.2. The molecule has 0 unspecified atom stereocenters. The number of rotatable bonds is 4. The molecule has 1 amide bonds. The van der Waals surface area contributed by atoms with Crippen LogP contribution in [0.5, 0.6) is 0 Å². The van der Waals surface area contributed by atoms with Gasteiger partial charge in [-0.15, -0.1) is 0 Å². The molecule has 6 heteroatoms. The highest BCUT2D eigenvalue weighted by molar-refractivity contribution is 5.85. The average molecular weight is 259 g/mol. The summed E-state index contributed by atoms with van der Waals surface area (Å²) in [4.78, 5) is 22.1. The zero-order valence-corrected chi connectivity index (χ0v) is 10.2. The summed E-state index contributed by atoms with van der Waals surface area (Å²) in [6.07, 6.45) is 3.87. The van der Waals surface area contributed by atoms with E-state index in [0.29, 0.717) is 11.6 Å². The number of carbonyl (C=O) groups excluding carboxylic acids is 1. The smallest absolute Gasteiger partial charge is 0.271 e. The Labute approximate surface area is 109 Å². The molecule has 1 aliphatic rings. The number of nitrogens with one attached hydrogen (secondary N) is 1. The van der Waals surface area contributed by atoms with Crippen LogP contribution in [-0.4, -0.2) is 21.4 Å². The van der Waals surface area contributed by atoms with Crippen LogP contribution in [0.25, 0.3) is 10.9 Å². The van der Waals surface area contributed by atoms with Crippen molar-refractivity contribution < 1.29 is 9.72 Å². The summed E-state index contributed by atoms with van der Waals surface area (Å²) in [7, 11) is 0. The summed E-state index contributed by atoms with van der Waals surface area (Å²) in [5.74, 6) is -0.0495. The van der Waals surface area contributed by atoms with Crippen molar-refractivity contribution in [3.63, 3.8) is 0 Å². The summed E-state index contributed by atoms with van der Waals surface area (Å²) in [5, 5.41) is 14.6. The molecule has 3 rings (SSSR count). The van der Waals surface area contributed by atoms with E-state index in [1.807, 2.05) is 6.07 Å². The minimum atomic E-state index is -0.430. The second-order valence-corrected chi connectivity index (χ2v) is 4.79. The number of nitro benzene ring substituents is 1. The van der Waals surface area contributed by atoms with Crippen LogP contribution in [0, 0.1) is 10.1 Å². The molecule has 1 N–H and O–H groups in total. The monoisotopic (exact) mass is 259 g/mol. The van der Waals surface area contributed by atoms with Gasteiger partial charge in [0, 0.05) is 29.8 Å². The third kappa shape index (κ3) is 2.42. The van der Waals surface area contributed by atoms with E-state index < -0.39 is 4.92 Å². The van der Waals surface area contributed by atoms with Crippen molar-refractivity contribution in [2.75, 3.05) is 0 Å². The summed E-state index contributed by atoms with van der Waals surface area (Å²) < 4.78 is 1.74. The molecular weight excluding hydrogens is 246 g/mol. The Morgan fingerprint density at radius 1 is 1.42 bits per heavy atom. The van der Waals surface area contributed by atoms with Gasteiger partial charge in [0.1, 0.15) is 6.54 Å². The van der Waals surface area contributed by atoms with Crippen LogP contribution < -0.4 is 5.32 Å². The Bertz CT molecular complexity index is 658. The zero-order valence-electron chi connectivity index (χ0n) is 10.2. The summed E-state index contributed by atoms with van der Waals surface area (Å²) >= 11 is 0. The van der Waals surface area contributed by atoms with E-state index in [1.165, 1.54) is 12.1 Å². The fourth-order valence-electron chi connectivity index (χ4n) is 2.08. The van der Waals surface area contributed by atoms with Crippen LogP contribution in [0.1, 0.15) is 12.8 Å². The van der Waals surface area contributed by atoms with E-state index in [4.69, 9.17) is 0 Å². The van der Waals surface area contributed by atoms with Gasteiger partial charge < -0.3 is 9.88 Å². The molecule has 1 aromatic heterocycles. The number of fused-ring (bicyclic) bond motifs is 1. The third-order valence-electron chi connectivity index (χ3n) is 3.22. The van der Waals surface area contributed by atoms with Crippen molar-refractivity contribution in [1.82, 2.24) is 9.88 Å². The molecule has 1 aliphatic carbocycles. The maximum atomic E-state index is 11.8. The highest BCUT2D eigenvalue weighted by atomic mass is 16.6. The first-order chi connectivity index (χ1) is 9.13. The molecule has 0 saturated heterocycles. The Morgan fingerprint density at radius 2 is 2.21 bits per heavy atom. The van der Waals surface area contributed by atoms with Gasteiger partial charge in [0.25, 0.3) is 5.69 Å². The van der Waals surface area contributed by atoms with Gasteiger partial charge >= 0.3 is 0 Å². The molecule has 2 aromatic rings. The molecule has 1 fully saturated rings. The number of benzene rings is 1. The number of aromatic nitrogens is 1. The first-order valence-corrected chi connectivity index (χ1v) is 6.16. The zero-order chi connectivity index (χ0) is 13.4. The number of non-ortho nitro benzene ring substituents is 1. The van der Waals surface area contributed by atoms with Crippen LogP contribution in [0.15, 0.2) is 30.5 Å². The van der Waals surface area contributed by atoms with Crippen LogP contribution in [0.4, 0.5) is 5.69 Å². The molecule has 0 spiro atoms. The first-order valence-electron chi connectivity index (χ1n) is 6.16. The van der Waals surface area contributed by atoms with Gasteiger partial charge in [-0.2, -0.15) is 0 Å². The fraction of sp³-hybridized carbons (Fsp3) is 0.308. The van der Waals surface area contributed by atoms with E-state index in [9.17, 15) is 14.9 Å². The van der Waals surface area contributed by atoms with Crippen LogP contribution in [-0.2, 0) is 11.3 Å². The maximum Gasteiger partial charge on any atom is 0.271 e. The Morgan fingerprint density at radius 3 is 2.89 bits per heavy atom. The average Bonchev–Trinajstić information content (AvgIpc) is 3.09. The van der Waals surface area contributed by atoms with Gasteiger partial charge in [-0.3, -0.25) is 14.9 Å². The number of amides is 1. The minimum absolute atomic E-state index is 0.0371. The Balaban J connectivity index is 1.87. The van der Waals surface area contributed by atoms with E-state index in [2.05, 4.69) is 5.32 Å². The lowest BCUT2D eigenvalue weighted by molar-refractivity contribution is -0.384. The van der Waals surface area contributed by atoms with Gasteiger partial charge in [0.05, 0.1) is 10.4 Å². The van der Waals surface area contributed by atoms with E-state index in [-0.39, 0.29) is 18.1 Å². The third-order valence-corrected chi connectivity index (χ3v) is 3.22. The number of nitrogens with zero attached hydrogens (tertiary/aromatic N) is 2. The molecule has 19 heavy (non-hydrogen) atoms. The lowest BCUT2D eigenvalue weighted by Crippen LogP contribution is -2.28. The second kappa shape index (κ2) is 4.38. The maximum absolute atomic E-state index is 11.8. The molecule has 0 atom stereocenters. The van der Waals surface area contributed by atoms with Crippen molar-refractivity contribution >= 4 is 22.5 Å². The fourth-order valence-corrected chi connectivity index (χ4v) is 2.08. The molecular formula is C13H13N3O3. The van der Waals surface area contributed by atoms with Crippen molar-refractivity contribution in [3.8, 4) is 0 Å². The molecule has 6 nitrogen and oxygen atoms in total. The number of nitro groups is 1. The van der Waals surface area contributed by atoms with E-state index in [0.717, 1.165) is 18.2 Å². The van der Waals surface area contributed by atoms with Gasteiger partial charge in [-0.1, -0.05) is 0 Å². The highest BCUT2D eigenvalue weighted by Crippen LogP contribution is 2.22. The molecule has 0 bridgehead atoms. The van der Waals surface area contributed by atoms with Gasteiger partial charge in [0.2, 0.25) is 5.91 Å². The molecule has 0 radical (unpaired) electrons. The number of hydrogen-bond donors (Lipinski definition) is 1. The van der Waals surface area contributed by atoms with Crippen LogP contribution in [0.2, 0.25) is 0 Å². The lowest BCUT2D eigenvalue weighted by Gasteiger charge is -2.06. The van der Waals surface area contributed by atoms with Crippen molar-refractivity contribution in [3.05, 3.63) is 40.6 Å². The number of carbonyl (C=O) groups is 1. The van der Waals surface area contributed by atoms with E-state index in [1.54, 1.807) is 16.8 Å². The number of hydrogen-bond acceptors (Lipinski definition) is 3. The van der Waals surface area contributed by atoms with Gasteiger partial charge in [-0.25, -0.2) is 0 Å². The van der Waals surface area contributed by atoms with Gasteiger partial charge in [0.15, 0.2) is 0 Å². The quantitative estimate of drug-likeness (QED) is 0.672. The predicted molar refractivity (Wildman–Crippen MR) is 69.8 cm³/mol. The second-order valence-electron chi connectivity index (χ2n) is 4.79. The standard InChI is InChI=1S/C13H13N3O3/c17-13(14-10-2-3-10)8-15-6-5-9-1-4-11(16(18)19)7-12(9)15/h1,4-7,10H,2-3,8H2,(H,14,17). The topological polar surface area (TPSA) is 77.2 Å². The Kier molecular flexibility index (Phi) is 2.70. The molecule has 1 aromatic carbocycles. The van der Waals surface area contributed by atoms with E-state index >= 15 is 0 Å². The van der Waals surface area contributed by atoms with Crippen molar-refractivity contribution in [2.24, 2.45) is 0 Å². The largest absolute Gasteiger partial charge is 0.352 e. The molecule has 1 saturated carbocycles. The van der Waals surface area contributed by atoms with Crippen molar-refractivity contribution in [2.45, 2.75) is 25.4 Å². The summed E-state index contributed by atoms with van der Waals surface area (Å²) in [5.41, 5.74) is 0.746. The van der Waals surface area contributed by atoms with Gasteiger partial charge in [-0.05, 0) is 25.0 Å². The SMILES string of the molecule is O=C(Cn1ccc2ccc([N+](=O)[O-])cc21)NC1CC1. The summed E-state index contributed by atoms with van der Waals surface area (Å²) in [6.45, 7) is 0.196. The molecule has 98 valence electrons. The molecule has 0 aliphatic heterocycles. The van der Waals surface area contributed by atoms with Crippen molar-refractivity contribution in [1.29, 1.82) is 0 Å². The van der Waals surface area contributed by atoms with Crippen LogP contribution >= 0.6 is 0 Å². The molecule has 1 heterocycles. The first kappa shape index (κ1) is 11.7. The normalized spacial score (nSPS) is 14.5. The summed E-state index contributed by atoms with van der Waals surface area (Å²) in [6, 6.07) is 6.84. The van der Waals surface area contributed by atoms with Crippen LogP contribution in [0.3, 0.4) is 0 Å². The Hall–Kier alpha value is -2.37. The highest BCUT2D eigenvalue weighted by Gasteiger charge is 2.23. The predicted octanol–water partition coefficient (Wildman–Crippen LogP) is 1.83.